The number of pyridine rings is 1. The average molecular weight is 319 g/mol. The second-order valence-corrected chi connectivity index (χ2v) is 3.60. The molecule has 21 heavy (non-hydrogen) atoms. The molecule has 0 aliphatic heterocycles. The van der Waals surface area contributed by atoms with Crippen molar-refractivity contribution >= 4 is 5.97 Å². The van der Waals surface area contributed by atoms with E-state index in [9.17, 15) is 31.1 Å². The molecule has 0 saturated carbocycles. The number of carboxylic acids is 1. The molecule has 0 spiro atoms. The van der Waals surface area contributed by atoms with Gasteiger partial charge in [0.15, 0.2) is 5.75 Å². The molecule has 1 N–H and O–H groups in total. The molecule has 0 saturated heterocycles. The number of alkyl halides is 6. The average Bonchev–Trinajstić information content (AvgIpc) is 2.27. The van der Waals surface area contributed by atoms with Gasteiger partial charge in [0, 0.05) is 6.07 Å². The monoisotopic (exact) mass is 319 g/mol. The Kier molecular flexibility index (Phi) is 4.54. The number of hydrogen-bond acceptors (Lipinski definition) is 4. The van der Waals surface area contributed by atoms with Crippen LogP contribution in [0.3, 0.4) is 0 Å². The van der Waals surface area contributed by atoms with E-state index < -0.39 is 47.8 Å². The normalized spacial score (nSPS) is 12.1. The maximum absolute atomic E-state index is 12.8. The van der Waals surface area contributed by atoms with E-state index in [0.29, 0.717) is 0 Å². The predicted molar refractivity (Wildman–Crippen MR) is 53.8 cm³/mol. The molecule has 1 aromatic rings. The fraction of sp³-hybridized carbons (Fsp3) is 0.400. The fourth-order valence-electron chi connectivity index (χ4n) is 1.37. The van der Waals surface area contributed by atoms with E-state index in [1.54, 1.807) is 0 Å². The molecule has 11 heteroatoms. The van der Waals surface area contributed by atoms with Crippen LogP contribution in [0.25, 0.3) is 0 Å². The Balaban J connectivity index is 3.54. The second kappa shape index (κ2) is 5.66. The predicted octanol–water partition coefficient (Wildman–Crippen LogP) is 2.63. The van der Waals surface area contributed by atoms with Crippen molar-refractivity contribution in [2.24, 2.45) is 0 Å². The molecule has 0 amide bonds. The molecule has 0 unspecified atom stereocenters. The Hall–Kier alpha value is -2.20. The van der Waals surface area contributed by atoms with Crippen molar-refractivity contribution in [3.63, 3.8) is 0 Å². The lowest BCUT2D eigenvalue weighted by Crippen LogP contribution is -2.23. The molecular formula is C10H7F6NO4. The highest BCUT2D eigenvalue weighted by atomic mass is 19.4. The van der Waals surface area contributed by atoms with Gasteiger partial charge in [-0.2, -0.15) is 13.2 Å². The van der Waals surface area contributed by atoms with Gasteiger partial charge in [-0.05, 0) is 0 Å². The lowest BCUT2D eigenvalue weighted by molar-refractivity contribution is -0.276. The zero-order chi connectivity index (χ0) is 16.4. The van der Waals surface area contributed by atoms with Crippen LogP contribution in [0.4, 0.5) is 26.3 Å². The molecule has 0 aliphatic rings. The number of aliphatic carboxylic acids is 1. The minimum atomic E-state index is -5.44. The first-order valence-corrected chi connectivity index (χ1v) is 5.06. The van der Waals surface area contributed by atoms with Gasteiger partial charge >= 0.3 is 18.5 Å². The maximum Gasteiger partial charge on any atom is 0.573 e. The summed E-state index contributed by atoms with van der Waals surface area (Å²) >= 11 is 0. The summed E-state index contributed by atoms with van der Waals surface area (Å²) in [6.45, 7) is 0. The van der Waals surface area contributed by atoms with Crippen LogP contribution in [-0.4, -0.2) is 29.5 Å². The number of halogens is 6. The molecule has 5 nitrogen and oxygen atoms in total. The Labute approximate surface area is 113 Å². The Bertz CT molecular complexity index is 540. The molecule has 118 valence electrons. The summed E-state index contributed by atoms with van der Waals surface area (Å²) in [4.78, 5) is 13.8. The van der Waals surface area contributed by atoms with Crippen LogP contribution in [-0.2, 0) is 17.4 Å². The summed E-state index contributed by atoms with van der Waals surface area (Å²) in [6, 6.07) is 0.187. The van der Waals surface area contributed by atoms with Crippen LogP contribution < -0.4 is 9.47 Å². The molecule has 0 atom stereocenters. The number of ether oxygens (including phenoxy) is 2. The molecule has 1 heterocycles. The van der Waals surface area contributed by atoms with Gasteiger partial charge in [0.05, 0.1) is 19.2 Å². The lowest BCUT2D eigenvalue weighted by atomic mass is 10.1. The van der Waals surface area contributed by atoms with E-state index >= 15 is 0 Å². The Morgan fingerprint density at radius 1 is 1.29 bits per heavy atom. The first-order chi connectivity index (χ1) is 9.44. The molecule has 1 aromatic heterocycles. The number of rotatable bonds is 4. The van der Waals surface area contributed by atoms with E-state index in [4.69, 9.17) is 5.11 Å². The van der Waals surface area contributed by atoms with Gasteiger partial charge in [0.25, 0.3) is 0 Å². The number of carbonyl (C=O) groups is 1. The van der Waals surface area contributed by atoms with Gasteiger partial charge < -0.3 is 14.6 Å². The molecule has 0 fully saturated rings. The van der Waals surface area contributed by atoms with Gasteiger partial charge in [0.1, 0.15) is 5.56 Å². The first kappa shape index (κ1) is 16.9. The quantitative estimate of drug-likeness (QED) is 0.864. The molecule has 1 rings (SSSR count). The molecule has 0 radical (unpaired) electrons. The van der Waals surface area contributed by atoms with E-state index in [1.807, 2.05) is 0 Å². The highest BCUT2D eigenvalue weighted by Gasteiger charge is 2.42. The van der Waals surface area contributed by atoms with Crippen molar-refractivity contribution in [3.8, 4) is 11.6 Å². The third kappa shape index (κ3) is 4.68. The largest absolute Gasteiger partial charge is 0.573 e. The van der Waals surface area contributed by atoms with Crippen molar-refractivity contribution in [3.05, 3.63) is 17.3 Å². The van der Waals surface area contributed by atoms with Crippen molar-refractivity contribution in [1.82, 2.24) is 4.98 Å². The SMILES string of the molecule is COc1cc(C(F)(F)F)c(OC(F)(F)F)c(CC(=O)O)n1. The minimum Gasteiger partial charge on any atom is -0.481 e. The van der Waals surface area contributed by atoms with Gasteiger partial charge in [-0.15, -0.1) is 13.2 Å². The number of carboxylic acid groups (broad SMARTS) is 1. The summed E-state index contributed by atoms with van der Waals surface area (Å²) in [5, 5.41) is 8.55. The number of nitrogens with zero attached hydrogens (tertiary/aromatic N) is 1. The molecule has 0 aromatic carbocycles. The Morgan fingerprint density at radius 3 is 2.24 bits per heavy atom. The van der Waals surface area contributed by atoms with Crippen molar-refractivity contribution in [1.29, 1.82) is 0 Å². The van der Waals surface area contributed by atoms with Crippen molar-refractivity contribution in [2.75, 3.05) is 7.11 Å². The van der Waals surface area contributed by atoms with Gasteiger partial charge in [0.2, 0.25) is 5.88 Å². The van der Waals surface area contributed by atoms with Gasteiger partial charge in [-0.25, -0.2) is 4.98 Å². The smallest absolute Gasteiger partial charge is 0.481 e. The van der Waals surface area contributed by atoms with Crippen molar-refractivity contribution < 1.29 is 45.7 Å². The molecular weight excluding hydrogens is 312 g/mol. The molecule has 0 aliphatic carbocycles. The third-order valence-electron chi connectivity index (χ3n) is 2.07. The van der Waals surface area contributed by atoms with E-state index in [1.165, 1.54) is 0 Å². The van der Waals surface area contributed by atoms with Crippen LogP contribution in [0, 0.1) is 0 Å². The van der Waals surface area contributed by atoms with Gasteiger partial charge in [-0.1, -0.05) is 0 Å². The fourth-order valence-corrected chi connectivity index (χ4v) is 1.37. The standard InChI is InChI=1S/C10H7F6NO4/c1-20-6-2-4(9(11,12)13)8(21-10(14,15)16)5(17-6)3-7(18)19/h2H,3H2,1H3,(H,18,19). The summed E-state index contributed by atoms with van der Waals surface area (Å²) in [5.41, 5.74) is -2.88. The first-order valence-electron chi connectivity index (χ1n) is 5.06. The molecule has 0 bridgehead atoms. The Morgan fingerprint density at radius 2 is 1.86 bits per heavy atom. The van der Waals surface area contributed by atoms with Crippen LogP contribution in [0.2, 0.25) is 0 Å². The second-order valence-electron chi connectivity index (χ2n) is 3.60. The zero-order valence-corrected chi connectivity index (χ0v) is 10.2. The summed E-state index contributed by atoms with van der Waals surface area (Å²) in [6.07, 6.45) is -11.9. The van der Waals surface area contributed by atoms with E-state index in [0.717, 1.165) is 7.11 Å². The summed E-state index contributed by atoms with van der Waals surface area (Å²) in [7, 11) is 0.928. The maximum atomic E-state index is 12.8. The number of hydrogen-bond donors (Lipinski definition) is 1. The zero-order valence-electron chi connectivity index (χ0n) is 10.2. The van der Waals surface area contributed by atoms with Gasteiger partial charge in [-0.3, -0.25) is 4.79 Å². The number of aromatic nitrogens is 1. The van der Waals surface area contributed by atoms with E-state index in [2.05, 4.69) is 14.5 Å². The van der Waals surface area contributed by atoms with Crippen LogP contribution in [0.5, 0.6) is 11.6 Å². The lowest BCUT2D eigenvalue weighted by Gasteiger charge is -2.18. The third-order valence-corrected chi connectivity index (χ3v) is 2.07. The number of methoxy groups -OCH3 is 1. The van der Waals surface area contributed by atoms with Crippen LogP contribution >= 0.6 is 0 Å². The topological polar surface area (TPSA) is 68.7 Å². The summed E-state index contributed by atoms with van der Waals surface area (Å²) < 4.78 is 82.7. The summed E-state index contributed by atoms with van der Waals surface area (Å²) in [5.74, 6) is -4.08. The van der Waals surface area contributed by atoms with E-state index in [-0.39, 0.29) is 6.07 Å². The minimum absolute atomic E-state index is 0.187. The van der Waals surface area contributed by atoms with Crippen LogP contribution in [0.15, 0.2) is 6.07 Å². The highest BCUT2D eigenvalue weighted by molar-refractivity contribution is 5.71. The highest BCUT2D eigenvalue weighted by Crippen LogP contribution is 2.41. The van der Waals surface area contributed by atoms with Crippen molar-refractivity contribution in [2.45, 2.75) is 19.0 Å². The van der Waals surface area contributed by atoms with Crippen LogP contribution in [0.1, 0.15) is 11.3 Å².